The minimum absolute atomic E-state index is 0. The van der Waals surface area contributed by atoms with E-state index in [1.807, 2.05) is 0 Å². The average molecular weight is 280 g/mol. The summed E-state index contributed by atoms with van der Waals surface area (Å²) in [7, 11) is -3.02. The molecule has 1 aliphatic heterocycles. The number of hydrogen-bond donors (Lipinski definition) is 2. The van der Waals surface area contributed by atoms with Crippen molar-refractivity contribution in [3.05, 3.63) is 0 Å². The van der Waals surface area contributed by atoms with Crippen LogP contribution < -0.4 is 10.0 Å². The number of hydrogen-bond acceptors (Lipinski definition) is 4. The van der Waals surface area contributed by atoms with Gasteiger partial charge in [0.1, 0.15) is 0 Å². The zero-order valence-corrected chi connectivity index (χ0v) is 11.2. The Kier molecular flexibility index (Phi) is 10.1. The standard InChI is InChI=1S/C7H17N3O2S.2ClH/c1-13(11,12)9-4-7-10-5-2-8-3-6-10;;/h8-9H,2-7H2,1H3;2*1H. The van der Waals surface area contributed by atoms with Crippen LogP contribution in [-0.4, -0.2) is 58.8 Å². The number of nitrogens with one attached hydrogen (secondary N) is 2. The summed E-state index contributed by atoms with van der Waals surface area (Å²) >= 11 is 0. The summed E-state index contributed by atoms with van der Waals surface area (Å²) in [6, 6.07) is 0. The molecule has 0 aromatic carbocycles. The van der Waals surface area contributed by atoms with Crippen LogP contribution in [0.2, 0.25) is 0 Å². The van der Waals surface area contributed by atoms with Crippen LogP contribution in [-0.2, 0) is 10.0 Å². The Morgan fingerprint density at radius 1 is 1.27 bits per heavy atom. The van der Waals surface area contributed by atoms with E-state index in [-0.39, 0.29) is 24.8 Å². The van der Waals surface area contributed by atoms with Crippen molar-refractivity contribution in [3.63, 3.8) is 0 Å². The van der Waals surface area contributed by atoms with E-state index >= 15 is 0 Å². The predicted molar refractivity (Wildman–Crippen MR) is 66.7 cm³/mol. The van der Waals surface area contributed by atoms with Crippen LogP contribution in [0.5, 0.6) is 0 Å². The maximum atomic E-state index is 10.7. The first-order valence-corrected chi connectivity index (χ1v) is 6.35. The van der Waals surface area contributed by atoms with Crippen molar-refractivity contribution in [3.8, 4) is 0 Å². The number of halogens is 2. The molecule has 1 fully saturated rings. The van der Waals surface area contributed by atoms with E-state index < -0.39 is 10.0 Å². The van der Waals surface area contributed by atoms with Gasteiger partial charge in [0.15, 0.2) is 0 Å². The van der Waals surface area contributed by atoms with Gasteiger partial charge in [-0.25, -0.2) is 13.1 Å². The molecule has 15 heavy (non-hydrogen) atoms. The molecule has 0 aliphatic carbocycles. The lowest BCUT2D eigenvalue weighted by molar-refractivity contribution is 0.245. The highest BCUT2D eigenvalue weighted by Gasteiger charge is 2.09. The highest BCUT2D eigenvalue weighted by molar-refractivity contribution is 7.88. The Hall–Kier alpha value is 0.410. The van der Waals surface area contributed by atoms with Crippen LogP contribution in [0.4, 0.5) is 0 Å². The number of piperazine rings is 1. The van der Waals surface area contributed by atoms with Gasteiger partial charge in [0.05, 0.1) is 6.26 Å². The largest absolute Gasteiger partial charge is 0.314 e. The van der Waals surface area contributed by atoms with Crippen LogP contribution in [0.3, 0.4) is 0 Å². The summed E-state index contributed by atoms with van der Waals surface area (Å²) in [6.45, 7) is 5.32. The fraction of sp³-hybridized carbons (Fsp3) is 1.00. The number of nitrogens with zero attached hydrogens (tertiary/aromatic N) is 1. The maximum absolute atomic E-state index is 10.7. The van der Waals surface area contributed by atoms with Crippen molar-refractivity contribution >= 4 is 34.8 Å². The molecule has 0 saturated carbocycles. The van der Waals surface area contributed by atoms with Crippen LogP contribution in [0.1, 0.15) is 0 Å². The molecule has 0 aromatic heterocycles. The van der Waals surface area contributed by atoms with Crippen molar-refractivity contribution in [2.24, 2.45) is 0 Å². The molecule has 1 heterocycles. The van der Waals surface area contributed by atoms with E-state index in [2.05, 4.69) is 14.9 Å². The van der Waals surface area contributed by atoms with Gasteiger partial charge in [0.2, 0.25) is 10.0 Å². The molecule has 0 radical (unpaired) electrons. The molecular weight excluding hydrogens is 261 g/mol. The van der Waals surface area contributed by atoms with Crippen molar-refractivity contribution < 1.29 is 8.42 Å². The Balaban J connectivity index is 0. The topological polar surface area (TPSA) is 61.4 Å². The number of rotatable bonds is 4. The summed E-state index contributed by atoms with van der Waals surface area (Å²) in [6.07, 6.45) is 1.19. The maximum Gasteiger partial charge on any atom is 0.208 e. The third-order valence-corrected chi connectivity index (χ3v) is 2.73. The average Bonchev–Trinajstić information content (AvgIpc) is 2.04. The lowest BCUT2D eigenvalue weighted by Gasteiger charge is -2.26. The first-order chi connectivity index (χ1) is 6.08. The molecule has 0 aromatic rings. The van der Waals surface area contributed by atoms with E-state index in [9.17, 15) is 8.42 Å². The van der Waals surface area contributed by atoms with Gasteiger partial charge in [-0.05, 0) is 0 Å². The first-order valence-electron chi connectivity index (χ1n) is 4.46. The fourth-order valence-electron chi connectivity index (χ4n) is 1.32. The van der Waals surface area contributed by atoms with E-state index in [0.717, 1.165) is 32.7 Å². The second kappa shape index (κ2) is 8.55. The second-order valence-corrected chi connectivity index (χ2v) is 5.09. The zero-order valence-electron chi connectivity index (χ0n) is 8.73. The van der Waals surface area contributed by atoms with Crippen molar-refractivity contribution in [2.45, 2.75) is 0 Å². The second-order valence-electron chi connectivity index (χ2n) is 3.26. The molecule has 0 unspecified atom stereocenters. The molecule has 0 amide bonds. The van der Waals surface area contributed by atoms with Crippen molar-refractivity contribution in [1.82, 2.24) is 14.9 Å². The van der Waals surface area contributed by atoms with E-state index in [4.69, 9.17) is 0 Å². The Bertz CT molecular complexity index is 243. The Morgan fingerprint density at radius 3 is 2.27 bits per heavy atom. The zero-order chi connectivity index (χ0) is 9.73. The molecule has 0 atom stereocenters. The van der Waals surface area contributed by atoms with Crippen molar-refractivity contribution in [1.29, 1.82) is 0 Å². The summed E-state index contributed by atoms with van der Waals surface area (Å²) < 4.78 is 23.9. The molecule has 2 N–H and O–H groups in total. The van der Waals surface area contributed by atoms with Crippen LogP contribution >= 0.6 is 24.8 Å². The van der Waals surface area contributed by atoms with E-state index in [1.54, 1.807) is 0 Å². The van der Waals surface area contributed by atoms with Crippen LogP contribution in [0, 0.1) is 0 Å². The number of sulfonamides is 1. The highest BCUT2D eigenvalue weighted by atomic mass is 35.5. The summed E-state index contributed by atoms with van der Waals surface area (Å²) in [5, 5.41) is 3.24. The van der Waals surface area contributed by atoms with E-state index in [1.165, 1.54) is 6.26 Å². The third kappa shape index (κ3) is 9.35. The van der Waals surface area contributed by atoms with Gasteiger partial charge in [-0.1, -0.05) is 0 Å². The molecular formula is C7H19Cl2N3O2S. The molecule has 8 heteroatoms. The summed E-state index contributed by atoms with van der Waals surface area (Å²) in [4.78, 5) is 2.24. The van der Waals surface area contributed by atoms with Crippen LogP contribution in [0.25, 0.3) is 0 Å². The van der Waals surface area contributed by atoms with Gasteiger partial charge in [-0.15, -0.1) is 24.8 Å². The molecule has 5 nitrogen and oxygen atoms in total. The van der Waals surface area contributed by atoms with Crippen LogP contribution in [0.15, 0.2) is 0 Å². The van der Waals surface area contributed by atoms with E-state index in [0.29, 0.717) is 6.54 Å². The summed E-state index contributed by atoms with van der Waals surface area (Å²) in [5.74, 6) is 0. The minimum atomic E-state index is -3.02. The molecule has 1 saturated heterocycles. The lowest BCUT2D eigenvalue weighted by Crippen LogP contribution is -2.46. The third-order valence-electron chi connectivity index (χ3n) is 2.00. The van der Waals surface area contributed by atoms with Gasteiger partial charge in [-0.3, -0.25) is 4.90 Å². The molecule has 0 spiro atoms. The van der Waals surface area contributed by atoms with Gasteiger partial charge in [0.25, 0.3) is 0 Å². The normalized spacial score (nSPS) is 17.7. The molecule has 0 bridgehead atoms. The summed E-state index contributed by atoms with van der Waals surface area (Å²) in [5.41, 5.74) is 0. The SMILES string of the molecule is CS(=O)(=O)NCCN1CCNCC1.Cl.Cl. The van der Waals surface area contributed by atoms with Gasteiger partial charge in [-0.2, -0.15) is 0 Å². The molecule has 1 rings (SSSR count). The lowest BCUT2D eigenvalue weighted by atomic mass is 10.3. The highest BCUT2D eigenvalue weighted by Crippen LogP contribution is 1.90. The smallest absolute Gasteiger partial charge is 0.208 e. The predicted octanol–water partition coefficient (Wildman–Crippen LogP) is -0.716. The quantitative estimate of drug-likeness (QED) is 0.714. The van der Waals surface area contributed by atoms with Gasteiger partial charge >= 0.3 is 0 Å². The van der Waals surface area contributed by atoms with Gasteiger partial charge in [0, 0.05) is 39.3 Å². The fourth-order valence-corrected chi connectivity index (χ4v) is 1.79. The first kappa shape index (κ1) is 17.8. The van der Waals surface area contributed by atoms with Crippen molar-refractivity contribution in [2.75, 3.05) is 45.5 Å². The Morgan fingerprint density at radius 2 is 1.80 bits per heavy atom. The molecule has 1 aliphatic rings. The monoisotopic (exact) mass is 279 g/mol. The minimum Gasteiger partial charge on any atom is -0.314 e. The Labute approximate surface area is 104 Å². The van der Waals surface area contributed by atoms with Gasteiger partial charge < -0.3 is 5.32 Å². The molecule has 94 valence electrons.